The van der Waals surface area contributed by atoms with Crippen LogP contribution in [0.15, 0.2) is 22.7 Å². The van der Waals surface area contributed by atoms with E-state index in [1.165, 1.54) is 6.42 Å². The number of methoxy groups -OCH3 is 1. The number of carbonyl (C=O) groups is 1. The zero-order chi connectivity index (χ0) is 13.4. The van der Waals surface area contributed by atoms with Crippen LogP contribution in [-0.2, 0) is 4.79 Å². The lowest BCUT2D eigenvalue weighted by Crippen LogP contribution is -2.32. The van der Waals surface area contributed by atoms with Crippen molar-refractivity contribution < 1.29 is 9.53 Å². The van der Waals surface area contributed by atoms with Gasteiger partial charge in [-0.1, -0.05) is 15.9 Å². The molecule has 3 unspecified atom stereocenters. The van der Waals surface area contributed by atoms with Crippen LogP contribution in [0.5, 0.6) is 5.75 Å². The summed E-state index contributed by atoms with van der Waals surface area (Å²) in [5.74, 6) is 0.867. The molecule has 0 spiro atoms. The highest BCUT2D eigenvalue weighted by Gasteiger charge is 2.42. The number of ether oxygens (including phenoxy) is 1. The second-order valence-corrected chi connectivity index (χ2v) is 6.14. The Balaban J connectivity index is 1.74. The van der Waals surface area contributed by atoms with E-state index in [1.807, 2.05) is 18.2 Å². The Morgan fingerprint density at radius 3 is 2.95 bits per heavy atom. The first-order valence-corrected chi connectivity index (χ1v) is 7.37. The molecule has 1 aromatic carbocycles. The van der Waals surface area contributed by atoms with Gasteiger partial charge in [-0.25, -0.2) is 0 Å². The number of fused-ring (bicyclic) bond motifs is 2. The largest absolute Gasteiger partial charge is 0.495 e. The van der Waals surface area contributed by atoms with E-state index in [4.69, 9.17) is 4.74 Å². The lowest BCUT2D eigenvalue weighted by Gasteiger charge is -2.20. The van der Waals surface area contributed by atoms with Crippen molar-refractivity contribution in [1.82, 2.24) is 5.32 Å². The molecule has 1 amide bonds. The number of anilines is 1. The molecular formula is C14H17BrN2O2. The number of rotatable bonds is 3. The lowest BCUT2D eigenvalue weighted by atomic mass is 9.88. The van der Waals surface area contributed by atoms with E-state index in [-0.39, 0.29) is 11.8 Å². The number of hydrogen-bond acceptors (Lipinski definition) is 3. The van der Waals surface area contributed by atoms with Gasteiger partial charge in [0, 0.05) is 16.6 Å². The van der Waals surface area contributed by atoms with Gasteiger partial charge in [0.2, 0.25) is 5.91 Å². The summed E-state index contributed by atoms with van der Waals surface area (Å²) in [4.78, 5) is 12.4. The van der Waals surface area contributed by atoms with Gasteiger partial charge in [0.1, 0.15) is 5.75 Å². The smallest absolute Gasteiger partial charge is 0.229 e. The predicted molar refractivity (Wildman–Crippen MR) is 77.4 cm³/mol. The van der Waals surface area contributed by atoms with Gasteiger partial charge < -0.3 is 15.4 Å². The Labute approximate surface area is 121 Å². The van der Waals surface area contributed by atoms with Crippen molar-refractivity contribution in [3.63, 3.8) is 0 Å². The first-order chi connectivity index (χ1) is 9.17. The maximum absolute atomic E-state index is 12.4. The van der Waals surface area contributed by atoms with Crippen molar-refractivity contribution in [3.05, 3.63) is 22.7 Å². The van der Waals surface area contributed by atoms with Crippen molar-refractivity contribution in [2.75, 3.05) is 12.4 Å². The molecule has 2 N–H and O–H groups in total. The molecule has 3 atom stereocenters. The van der Waals surface area contributed by atoms with E-state index in [9.17, 15) is 4.79 Å². The van der Waals surface area contributed by atoms with E-state index in [2.05, 4.69) is 26.6 Å². The number of carbonyl (C=O) groups excluding carboxylic acids is 1. The third-order valence-electron chi connectivity index (χ3n) is 4.06. The van der Waals surface area contributed by atoms with Crippen LogP contribution in [0.2, 0.25) is 0 Å². The SMILES string of the molecule is COc1ccc(Br)cc1NC(=O)C1CC2CCC1N2. The molecule has 2 fully saturated rings. The zero-order valence-electron chi connectivity index (χ0n) is 10.8. The minimum absolute atomic E-state index is 0.0856. The summed E-state index contributed by atoms with van der Waals surface area (Å²) in [5.41, 5.74) is 0.727. The van der Waals surface area contributed by atoms with E-state index in [1.54, 1.807) is 7.11 Å². The Hall–Kier alpha value is -1.07. The summed E-state index contributed by atoms with van der Waals surface area (Å²) in [6.07, 6.45) is 3.26. The number of nitrogens with one attached hydrogen (secondary N) is 2. The van der Waals surface area contributed by atoms with E-state index < -0.39 is 0 Å². The van der Waals surface area contributed by atoms with E-state index in [0.29, 0.717) is 17.8 Å². The highest BCUT2D eigenvalue weighted by Crippen LogP contribution is 2.35. The third-order valence-corrected chi connectivity index (χ3v) is 4.55. The fraction of sp³-hybridized carbons (Fsp3) is 0.500. The van der Waals surface area contributed by atoms with Crippen LogP contribution in [-0.4, -0.2) is 25.1 Å². The molecule has 1 aromatic rings. The third kappa shape index (κ3) is 2.49. The van der Waals surface area contributed by atoms with Gasteiger partial charge in [-0.2, -0.15) is 0 Å². The Morgan fingerprint density at radius 1 is 1.47 bits per heavy atom. The average Bonchev–Trinajstić information content (AvgIpc) is 3.01. The van der Waals surface area contributed by atoms with Crippen LogP contribution >= 0.6 is 15.9 Å². The highest BCUT2D eigenvalue weighted by atomic mass is 79.9. The monoisotopic (exact) mass is 324 g/mol. The molecule has 3 rings (SSSR count). The molecule has 0 aromatic heterocycles. The highest BCUT2D eigenvalue weighted by molar-refractivity contribution is 9.10. The van der Waals surface area contributed by atoms with Gasteiger partial charge in [-0.15, -0.1) is 0 Å². The standard InChI is InChI=1S/C14H17BrN2O2/c1-19-13-5-2-8(15)6-12(13)17-14(18)10-7-9-3-4-11(10)16-9/h2,5-6,9-11,16H,3-4,7H2,1H3,(H,17,18). The first kappa shape index (κ1) is 12.9. The van der Waals surface area contributed by atoms with Gasteiger partial charge in [-0.3, -0.25) is 4.79 Å². The quantitative estimate of drug-likeness (QED) is 0.898. The van der Waals surface area contributed by atoms with Gasteiger partial charge in [0.05, 0.1) is 18.7 Å². The maximum atomic E-state index is 12.4. The van der Waals surface area contributed by atoms with Crippen LogP contribution in [0.25, 0.3) is 0 Å². The van der Waals surface area contributed by atoms with Crippen LogP contribution in [0.3, 0.4) is 0 Å². The molecule has 2 aliphatic heterocycles. The molecule has 2 bridgehead atoms. The van der Waals surface area contributed by atoms with Gasteiger partial charge in [0.25, 0.3) is 0 Å². The van der Waals surface area contributed by atoms with Crippen molar-refractivity contribution in [2.45, 2.75) is 31.3 Å². The van der Waals surface area contributed by atoms with E-state index >= 15 is 0 Å². The van der Waals surface area contributed by atoms with E-state index in [0.717, 1.165) is 23.0 Å². The molecule has 2 aliphatic rings. The molecule has 5 heteroatoms. The van der Waals surface area contributed by atoms with Crippen LogP contribution in [0, 0.1) is 5.92 Å². The predicted octanol–water partition coefficient (Wildman–Crippen LogP) is 2.54. The molecule has 2 heterocycles. The zero-order valence-corrected chi connectivity index (χ0v) is 12.4. The molecular weight excluding hydrogens is 308 g/mol. The fourth-order valence-corrected chi connectivity index (χ4v) is 3.48. The molecule has 102 valence electrons. The molecule has 4 nitrogen and oxygen atoms in total. The molecule has 0 radical (unpaired) electrons. The Morgan fingerprint density at radius 2 is 2.32 bits per heavy atom. The van der Waals surface area contributed by atoms with Crippen molar-refractivity contribution >= 4 is 27.5 Å². The topological polar surface area (TPSA) is 50.4 Å². The number of benzene rings is 1. The Bertz CT molecular complexity index is 506. The normalized spacial score (nSPS) is 28.4. The van der Waals surface area contributed by atoms with Crippen LogP contribution < -0.4 is 15.4 Å². The summed E-state index contributed by atoms with van der Waals surface area (Å²) in [5, 5.41) is 6.48. The van der Waals surface area contributed by atoms with Gasteiger partial charge in [0.15, 0.2) is 0 Å². The minimum atomic E-state index is 0.0856. The number of halogens is 1. The van der Waals surface area contributed by atoms with Crippen molar-refractivity contribution in [3.8, 4) is 5.75 Å². The number of amides is 1. The van der Waals surface area contributed by atoms with Crippen LogP contribution in [0.1, 0.15) is 19.3 Å². The molecule has 2 saturated heterocycles. The average molecular weight is 325 g/mol. The summed E-state index contributed by atoms with van der Waals surface area (Å²) in [6.45, 7) is 0. The summed E-state index contributed by atoms with van der Waals surface area (Å²) in [7, 11) is 1.61. The van der Waals surface area contributed by atoms with Crippen LogP contribution in [0.4, 0.5) is 5.69 Å². The number of hydrogen-bond donors (Lipinski definition) is 2. The molecule has 0 aliphatic carbocycles. The maximum Gasteiger partial charge on any atom is 0.229 e. The van der Waals surface area contributed by atoms with Gasteiger partial charge in [-0.05, 0) is 37.5 Å². The molecule has 19 heavy (non-hydrogen) atoms. The summed E-state index contributed by atoms with van der Waals surface area (Å²) >= 11 is 3.41. The van der Waals surface area contributed by atoms with Crippen molar-refractivity contribution in [2.24, 2.45) is 5.92 Å². The Kier molecular flexibility index (Phi) is 3.50. The summed E-state index contributed by atoms with van der Waals surface area (Å²) in [6, 6.07) is 6.50. The second kappa shape index (κ2) is 5.13. The minimum Gasteiger partial charge on any atom is -0.495 e. The lowest BCUT2D eigenvalue weighted by molar-refractivity contribution is -0.120. The first-order valence-electron chi connectivity index (χ1n) is 6.58. The van der Waals surface area contributed by atoms with Gasteiger partial charge >= 0.3 is 0 Å². The second-order valence-electron chi connectivity index (χ2n) is 5.22. The van der Waals surface area contributed by atoms with Crippen molar-refractivity contribution in [1.29, 1.82) is 0 Å². The molecule has 0 saturated carbocycles. The fourth-order valence-electron chi connectivity index (χ4n) is 3.12. The summed E-state index contributed by atoms with van der Waals surface area (Å²) < 4.78 is 6.20.